The first-order valence-electron chi connectivity index (χ1n) is 11.1. The number of carbonyl (C=O) groups is 4. The van der Waals surface area contributed by atoms with Gasteiger partial charge in [-0.1, -0.05) is 24.3 Å². The Kier molecular flexibility index (Phi) is 3.72. The number of nitrogens with zero attached hydrogens (tertiary/aromatic N) is 2. The molecule has 4 aliphatic carbocycles. The molecule has 0 aromatic rings. The van der Waals surface area contributed by atoms with E-state index in [9.17, 15) is 19.2 Å². The molecule has 6 nitrogen and oxygen atoms in total. The molecule has 2 saturated carbocycles. The zero-order valence-electron chi connectivity index (χ0n) is 16.4. The van der Waals surface area contributed by atoms with Gasteiger partial charge in [-0.05, 0) is 55.8 Å². The van der Waals surface area contributed by atoms with Crippen LogP contribution in [-0.4, -0.2) is 46.5 Å². The average Bonchev–Trinajstić information content (AvgIpc) is 3.53. The van der Waals surface area contributed by atoms with Crippen molar-refractivity contribution < 1.29 is 19.2 Å². The molecule has 2 heterocycles. The Bertz CT molecular complexity index is 746. The summed E-state index contributed by atoms with van der Waals surface area (Å²) in [5, 5.41) is 0. The Morgan fingerprint density at radius 2 is 0.862 bits per heavy atom. The van der Waals surface area contributed by atoms with Gasteiger partial charge >= 0.3 is 0 Å². The summed E-state index contributed by atoms with van der Waals surface area (Å²) in [6.45, 7) is 0.927. The fourth-order valence-electron chi connectivity index (χ4n) is 7.09. The van der Waals surface area contributed by atoms with Crippen molar-refractivity contribution in [3.8, 4) is 0 Å². The van der Waals surface area contributed by atoms with Crippen LogP contribution in [0, 0.1) is 47.3 Å². The fraction of sp³-hybridized carbons (Fsp3) is 0.652. The van der Waals surface area contributed by atoms with Gasteiger partial charge in [0.05, 0.1) is 23.7 Å². The molecular weight excluding hydrogens is 368 g/mol. The second kappa shape index (κ2) is 6.13. The first-order chi connectivity index (χ1) is 14.1. The molecule has 6 aliphatic rings. The quantitative estimate of drug-likeness (QED) is 0.391. The van der Waals surface area contributed by atoms with Gasteiger partial charge in [0.2, 0.25) is 23.6 Å². The Balaban J connectivity index is 0.999. The maximum atomic E-state index is 12.7. The van der Waals surface area contributed by atoms with Crippen LogP contribution in [0.4, 0.5) is 0 Å². The molecule has 4 fully saturated rings. The van der Waals surface area contributed by atoms with Gasteiger partial charge in [0.1, 0.15) is 0 Å². The van der Waals surface area contributed by atoms with E-state index in [1.807, 2.05) is 0 Å². The third-order valence-electron chi connectivity index (χ3n) is 8.39. The molecule has 0 aromatic heterocycles. The molecule has 0 N–H and O–H groups in total. The molecule has 2 saturated heterocycles. The molecule has 0 radical (unpaired) electrons. The molecule has 4 bridgehead atoms. The zero-order valence-corrected chi connectivity index (χ0v) is 16.4. The molecule has 0 spiro atoms. The van der Waals surface area contributed by atoms with E-state index < -0.39 is 0 Å². The van der Waals surface area contributed by atoms with Crippen molar-refractivity contribution in [1.82, 2.24) is 9.80 Å². The van der Waals surface area contributed by atoms with Gasteiger partial charge in [-0.2, -0.15) is 0 Å². The van der Waals surface area contributed by atoms with Crippen molar-refractivity contribution in [2.24, 2.45) is 47.3 Å². The van der Waals surface area contributed by atoms with Crippen LogP contribution < -0.4 is 0 Å². The van der Waals surface area contributed by atoms with Crippen LogP contribution in [-0.2, 0) is 19.2 Å². The summed E-state index contributed by atoms with van der Waals surface area (Å²) in [6.07, 6.45) is 12.6. The predicted octanol–water partition coefficient (Wildman–Crippen LogP) is 1.77. The summed E-state index contributed by atoms with van der Waals surface area (Å²) in [5.74, 6) is 0.560. The van der Waals surface area contributed by atoms with Crippen LogP contribution in [0.25, 0.3) is 0 Å². The van der Waals surface area contributed by atoms with Crippen molar-refractivity contribution in [2.45, 2.75) is 32.1 Å². The predicted molar refractivity (Wildman–Crippen MR) is 103 cm³/mol. The van der Waals surface area contributed by atoms with E-state index in [-0.39, 0.29) is 71.0 Å². The topological polar surface area (TPSA) is 74.8 Å². The average molecular weight is 394 g/mol. The van der Waals surface area contributed by atoms with E-state index in [0.29, 0.717) is 13.1 Å². The third-order valence-corrected chi connectivity index (χ3v) is 8.39. The van der Waals surface area contributed by atoms with E-state index in [0.717, 1.165) is 32.1 Å². The van der Waals surface area contributed by atoms with Gasteiger partial charge in [-0.3, -0.25) is 29.0 Å². The molecule has 4 amide bonds. The first-order valence-corrected chi connectivity index (χ1v) is 11.1. The molecule has 2 aliphatic heterocycles. The number of amides is 4. The summed E-state index contributed by atoms with van der Waals surface area (Å²) in [4.78, 5) is 53.7. The highest BCUT2D eigenvalue weighted by Gasteiger charge is 2.60. The SMILES string of the molecule is O=C1C2C3C=CC(C3)C2C(=O)N1CCCCCN1C(=O)C2C3C=CC(C3)C2C1=O. The Labute approximate surface area is 170 Å². The van der Waals surface area contributed by atoms with Crippen LogP contribution in [0.3, 0.4) is 0 Å². The fourth-order valence-corrected chi connectivity index (χ4v) is 7.09. The molecular formula is C23H26N2O4. The highest BCUT2D eigenvalue weighted by molar-refractivity contribution is 6.07. The smallest absolute Gasteiger partial charge is 0.233 e. The summed E-state index contributed by atoms with van der Waals surface area (Å²) >= 11 is 0. The van der Waals surface area contributed by atoms with Gasteiger partial charge in [0.25, 0.3) is 0 Å². The summed E-state index contributed by atoms with van der Waals surface area (Å²) < 4.78 is 0. The highest BCUT2D eigenvalue weighted by atomic mass is 16.2. The van der Waals surface area contributed by atoms with E-state index in [1.54, 1.807) is 0 Å². The number of unbranched alkanes of at least 4 members (excludes halogenated alkanes) is 2. The minimum absolute atomic E-state index is 0.0116. The lowest BCUT2D eigenvalue weighted by molar-refractivity contribution is -0.142. The van der Waals surface area contributed by atoms with Gasteiger partial charge in [0.15, 0.2) is 0 Å². The number of hydrogen-bond acceptors (Lipinski definition) is 4. The van der Waals surface area contributed by atoms with Gasteiger partial charge in [-0.15, -0.1) is 0 Å². The molecule has 8 atom stereocenters. The van der Waals surface area contributed by atoms with Crippen LogP contribution in [0.1, 0.15) is 32.1 Å². The normalized spacial score (nSPS) is 43.4. The standard InChI is InChI=1S/C23H26N2O4/c26-20-16-12-4-5-13(10-12)17(16)21(27)24(20)8-2-1-3-9-25-22(28)18-14-6-7-15(11-14)19(18)23(25)29/h4-7,12-19H,1-3,8-11H2. The number of hydrogen-bond donors (Lipinski definition) is 0. The molecule has 6 heteroatoms. The summed E-state index contributed by atoms with van der Waals surface area (Å²) in [6, 6.07) is 0. The van der Waals surface area contributed by atoms with Crippen LogP contribution in [0.2, 0.25) is 0 Å². The van der Waals surface area contributed by atoms with Crippen molar-refractivity contribution in [3.05, 3.63) is 24.3 Å². The number of imide groups is 2. The maximum absolute atomic E-state index is 12.7. The lowest BCUT2D eigenvalue weighted by Gasteiger charge is -2.19. The van der Waals surface area contributed by atoms with Crippen molar-refractivity contribution in [2.75, 3.05) is 13.1 Å². The zero-order chi connectivity index (χ0) is 19.9. The monoisotopic (exact) mass is 394 g/mol. The lowest BCUT2D eigenvalue weighted by Crippen LogP contribution is -2.35. The Morgan fingerprint density at radius 3 is 1.17 bits per heavy atom. The number of fused-ring (bicyclic) bond motifs is 10. The minimum Gasteiger partial charge on any atom is -0.282 e. The second-order valence-electron chi connectivity index (χ2n) is 9.72. The van der Waals surface area contributed by atoms with E-state index in [4.69, 9.17) is 0 Å². The van der Waals surface area contributed by atoms with Gasteiger partial charge in [-0.25, -0.2) is 0 Å². The van der Waals surface area contributed by atoms with E-state index in [2.05, 4.69) is 24.3 Å². The molecule has 152 valence electrons. The molecule has 6 rings (SSSR count). The maximum Gasteiger partial charge on any atom is 0.233 e. The van der Waals surface area contributed by atoms with Crippen molar-refractivity contribution in [3.63, 3.8) is 0 Å². The van der Waals surface area contributed by atoms with Crippen molar-refractivity contribution in [1.29, 1.82) is 0 Å². The minimum atomic E-state index is -0.124. The Hall–Kier alpha value is -2.24. The highest BCUT2D eigenvalue weighted by Crippen LogP contribution is 2.53. The van der Waals surface area contributed by atoms with Crippen molar-refractivity contribution >= 4 is 23.6 Å². The van der Waals surface area contributed by atoms with Crippen LogP contribution in [0.5, 0.6) is 0 Å². The Morgan fingerprint density at radius 1 is 0.552 bits per heavy atom. The summed E-state index contributed by atoms with van der Waals surface area (Å²) in [5.41, 5.74) is 0. The second-order valence-corrected chi connectivity index (χ2v) is 9.72. The summed E-state index contributed by atoms with van der Waals surface area (Å²) in [7, 11) is 0. The number of carbonyl (C=O) groups excluding carboxylic acids is 4. The van der Waals surface area contributed by atoms with E-state index in [1.165, 1.54) is 9.80 Å². The molecule has 8 unspecified atom stereocenters. The van der Waals surface area contributed by atoms with Gasteiger partial charge in [0, 0.05) is 13.1 Å². The largest absolute Gasteiger partial charge is 0.282 e. The number of allylic oxidation sites excluding steroid dienone is 4. The van der Waals surface area contributed by atoms with Gasteiger partial charge < -0.3 is 0 Å². The first kappa shape index (κ1) is 17.6. The van der Waals surface area contributed by atoms with E-state index >= 15 is 0 Å². The lowest BCUT2D eigenvalue weighted by atomic mass is 9.85. The van der Waals surface area contributed by atoms with Crippen LogP contribution in [0.15, 0.2) is 24.3 Å². The molecule has 0 aromatic carbocycles. The third kappa shape index (κ3) is 2.29. The number of rotatable bonds is 6. The molecule has 29 heavy (non-hydrogen) atoms. The number of likely N-dealkylation sites (tertiary alicyclic amines) is 2. The van der Waals surface area contributed by atoms with Crippen LogP contribution >= 0.6 is 0 Å².